The highest BCUT2D eigenvalue weighted by molar-refractivity contribution is 7.99. The van der Waals surface area contributed by atoms with Crippen molar-refractivity contribution >= 4 is 17.4 Å². The van der Waals surface area contributed by atoms with E-state index in [1.807, 2.05) is 6.92 Å². The predicted octanol–water partition coefficient (Wildman–Crippen LogP) is 3.26. The van der Waals surface area contributed by atoms with Gasteiger partial charge in [0.1, 0.15) is 5.69 Å². The molecule has 0 saturated heterocycles. The number of aromatic nitrogens is 1. The van der Waals surface area contributed by atoms with Gasteiger partial charge in [-0.25, -0.2) is 0 Å². The second kappa shape index (κ2) is 6.83. The van der Waals surface area contributed by atoms with Crippen molar-refractivity contribution in [3.05, 3.63) is 51.4 Å². The smallest absolute Gasteiger partial charge is 0.272 e. The Hall–Kier alpha value is -1.72. The van der Waals surface area contributed by atoms with Crippen LogP contribution in [-0.2, 0) is 11.3 Å². The van der Waals surface area contributed by atoms with Gasteiger partial charge in [-0.2, -0.15) is 0 Å². The van der Waals surface area contributed by atoms with E-state index in [0.29, 0.717) is 13.2 Å². The third-order valence-electron chi connectivity index (χ3n) is 3.04. The van der Waals surface area contributed by atoms with Gasteiger partial charge in [0, 0.05) is 28.2 Å². The summed E-state index contributed by atoms with van der Waals surface area (Å²) in [6.07, 6.45) is 1.68. The Morgan fingerprint density at radius 3 is 2.52 bits per heavy atom. The number of hydrogen-bond acceptors (Lipinski definition) is 4. The number of ether oxygens (including phenoxy) is 1. The van der Waals surface area contributed by atoms with Crippen LogP contribution >= 0.6 is 11.8 Å². The average molecular weight is 304 g/mol. The number of benzene rings is 1. The van der Waals surface area contributed by atoms with E-state index in [2.05, 4.69) is 37.0 Å². The van der Waals surface area contributed by atoms with Crippen LogP contribution in [0.15, 0.2) is 39.0 Å². The van der Waals surface area contributed by atoms with Crippen LogP contribution in [0.3, 0.4) is 0 Å². The van der Waals surface area contributed by atoms with Crippen LogP contribution in [0.4, 0.5) is 5.69 Å². The Morgan fingerprint density at radius 1 is 1.24 bits per heavy atom. The van der Waals surface area contributed by atoms with Crippen LogP contribution in [0.5, 0.6) is 0 Å². The third-order valence-corrected chi connectivity index (χ3v) is 4.19. The number of aromatic amines is 1. The summed E-state index contributed by atoms with van der Waals surface area (Å²) in [7, 11) is 0. The van der Waals surface area contributed by atoms with Crippen molar-refractivity contribution in [3.63, 3.8) is 0 Å². The number of nitrogens with one attached hydrogen (secondary N) is 1. The van der Waals surface area contributed by atoms with Crippen molar-refractivity contribution in [1.29, 1.82) is 0 Å². The quantitative estimate of drug-likeness (QED) is 0.889. The Balaban J connectivity index is 2.41. The van der Waals surface area contributed by atoms with Gasteiger partial charge in [0.05, 0.1) is 6.61 Å². The summed E-state index contributed by atoms with van der Waals surface area (Å²) in [6, 6.07) is 6.29. The minimum Gasteiger partial charge on any atom is -0.393 e. The van der Waals surface area contributed by atoms with Crippen LogP contribution < -0.4 is 11.3 Å². The zero-order chi connectivity index (χ0) is 15.4. The van der Waals surface area contributed by atoms with Crippen molar-refractivity contribution in [2.24, 2.45) is 0 Å². The van der Waals surface area contributed by atoms with Crippen molar-refractivity contribution < 1.29 is 4.74 Å². The summed E-state index contributed by atoms with van der Waals surface area (Å²) in [5.41, 5.74) is 9.22. The number of nitrogen functional groups attached to an aromatic ring is 1. The maximum absolute atomic E-state index is 11.8. The lowest BCUT2D eigenvalue weighted by Gasteiger charge is -2.12. The van der Waals surface area contributed by atoms with Crippen LogP contribution in [0.1, 0.15) is 23.6 Å². The fraction of sp³-hybridized carbons (Fsp3) is 0.312. The van der Waals surface area contributed by atoms with Gasteiger partial charge in [0.25, 0.3) is 5.56 Å². The van der Waals surface area contributed by atoms with Gasteiger partial charge >= 0.3 is 0 Å². The number of anilines is 1. The molecule has 0 bridgehead atoms. The lowest BCUT2D eigenvalue weighted by Crippen LogP contribution is -2.14. The number of aryl methyl sites for hydroxylation is 2. The molecule has 0 spiro atoms. The topological polar surface area (TPSA) is 68.1 Å². The number of pyridine rings is 1. The number of nitrogens with two attached hydrogens (primary N) is 1. The van der Waals surface area contributed by atoms with Crippen molar-refractivity contribution in [3.8, 4) is 0 Å². The highest BCUT2D eigenvalue weighted by Gasteiger charge is 2.12. The molecule has 0 atom stereocenters. The van der Waals surface area contributed by atoms with E-state index >= 15 is 0 Å². The molecule has 1 aromatic carbocycles. The van der Waals surface area contributed by atoms with Gasteiger partial charge in [0.2, 0.25) is 0 Å². The summed E-state index contributed by atoms with van der Waals surface area (Å²) >= 11 is 1.51. The fourth-order valence-electron chi connectivity index (χ4n) is 2.12. The highest BCUT2D eigenvalue weighted by atomic mass is 32.2. The Bertz CT molecular complexity index is 675. The second-order valence-corrected chi connectivity index (χ2v) is 6.03. The molecule has 4 nitrogen and oxygen atoms in total. The molecule has 2 aromatic rings. The average Bonchev–Trinajstić information content (AvgIpc) is 2.42. The molecule has 3 N–H and O–H groups in total. The van der Waals surface area contributed by atoms with Crippen LogP contribution in [0.25, 0.3) is 0 Å². The fourth-order valence-corrected chi connectivity index (χ4v) is 3.30. The van der Waals surface area contributed by atoms with Crippen LogP contribution in [0, 0.1) is 13.8 Å². The van der Waals surface area contributed by atoms with E-state index in [-0.39, 0.29) is 11.2 Å². The van der Waals surface area contributed by atoms with Crippen molar-refractivity contribution in [1.82, 2.24) is 4.98 Å². The first kappa shape index (κ1) is 15.7. The molecular formula is C16H20N2O2S. The molecule has 1 aromatic heterocycles. The Morgan fingerprint density at radius 2 is 1.90 bits per heavy atom. The van der Waals surface area contributed by atoms with Gasteiger partial charge in [-0.3, -0.25) is 4.79 Å². The largest absolute Gasteiger partial charge is 0.393 e. The first-order chi connectivity index (χ1) is 10.0. The summed E-state index contributed by atoms with van der Waals surface area (Å²) in [5.74, 6) is 0. The standard InChI is InChI=1S/C16H20N2O2S/c1-4-20-9-12-8-18-16(19)14(17)15(12)21-13-6-10(2)5-11(3)7-13/h5-8H,4,9,17H2,1-3H3,(H,18,19). The third kappa shape index (κ3) is 3.89. The first-order valence-electron chi connectivity index (χ1n) is 6.85. The lowest BCUT2D eigenvalue weighted by atomic mass is 10.2. The molecule has 2 rings (SSSR count). The van der Waals surface area contributed by atoms with Crippen LogP contribution in [0.2, 0.25) is 0 Å². The summed E-state index contributed by atoms with van der Waals surface area (Å²) in [6.45, 7) is 7.10. The molecule has 1 heterocycles. The monoisotopic (exact) mass is 304 g/mol. The normalized spacial score (nSPS) is 10.8. The first-order valence-corrected chi connectivity index (χ1v) is 7.66. The molecule has 0 amide bonds. The summed E-state index contributed by atoms with van der Waals surface area (Å²) in [4.78, 5) is 16.3. The number of H-pyrrole nitrogens is 1. The van der Waals surface area contributed by atoms with Gasteiger partial charge < -0.3 is 15.5 Å². The van der Waals surface area contributed by atoms with Gasteiger partial charge in [-0.05, 0) is 44.0 Å². The summed E-state index contributed by atoms with van der Waals surface area (Å²) < 4.78 is 5.45. The molecule has 0 radical (unpaired) electrons. The maximum atomic E-state index is 11.8. The van der Waals surface area contributed by atoms with Gasteiger partial charge in [-0.1, -0.05) is 17.8 Å². The van der Waals surface area contributed by atoms with E-state index in [1.54, 1.807) is 6.20 Å². The van der Waals surface area contributed by atoms with Crippen molar-refractivity contribution in [2.45, 2.75) is 37.2 Å². The van der Waals surface area contributed by atoms with Crippen LogP contribution in [-0.4, -0.2) is 11.6 Å². The molecule has 0 unspecified atom stereocenters. The molecule has 112 valence electrons. The predicted molar refractivity (Wildman–Crippen MR) is 86.8 cm³/mol. The molecule has 0 aliphatic rings. The van der Waals surface area contributed by atoms with Gasteiger partial charge in [-0.15, -0.1) is 0 Å². The molecule has 0 fully saturated rings. The zero-order valence-corrected chi connectivity index (χ0v) is 13.3. The number of hydrogen-bond donors (Lipinski definition) is 2. The molecular weight excluding hydrogens is 284 g/mol. The molecule has 0 aliphatic carbocycles. The molecule has 0 saturated carbocycles. The number of rotatable bonds is 5. The summed E-state index contributed by atoms with van der Waals surface area (Å²) in [5, 5.41) is 0. The minimum atomic E-state index is -0.262. The van der Waals surface area contributed by atoms with E-state index < -0.39 is 0 Å². The second-order valence-electron chi connectivity index (χ2n) is 4.95. The molecule has 0 aliphatic heterocycles. The van der Waals surface area contributed by atoms with E-state index in [0.717, 1.165) is 15.4 Å². The SMILES string of the molecule is CCOCc1c[nH]c(=O)c(N)c1Sc1cc(C)cc(C)c1. The van der Waals surface area contributed by atoms with Gasteiger partial charge in [0.15, 0.2) is 0 Å². The van der Waals surface area contributed by atoms with E-state index in [9.17, 15) is 4.79 Å². The van der Waals surface area contributed by atoms with E-state index in [4.69, 9.17) is 10.5 Å². The van der Waals surface area contributed by atoms with E-state index in [1.165, 1.54) is 22.9 Å². The van der Waals surface area contributed by atoms with Crippen molar-refractivity contribution in [2.75, 3.05) is 12.3 Å². The molecule has 5 heteroatoms. The highest BCUT2D eigenvalue weighted by Crippen LogP contribution is 2.34. The Labute approximate surface area is 128 Å². The molecule has 21 heavy (non-hydrogen) atoms. The Kier molecular flexibility index (Phi) is 5.09. The maximum Gasteiger partial charge on any atom is 0.272 e. The lowest BCUT2D eigenvalue weighted by molar-refractivity contribution is 0.132. The minimum absolute atomic E-state index is 0.247. The zero-order valence-electron chi connectivity index (χ0n) is 12.5.